The van der Waals surface area contributed by atoms with Gasteiger partial charge in [0, 0.05) is 0 Å². The number of hydrogen-bond acceptors (Lipinski definition) is 0. The predicted molar refractivity (Wildman–Crippen MR) is 24.1 cm³/mol. The zero-order chi connectivity index (χ0) is 3.54. The zero-order valence-electron chi connectivity index (χ0n) is 4.37. The Morgan fingerprint density at radius 3 is 1.78 bits per heavy atom. The first-order chi connectivity index (χ1) is 2.50. The minimum atomic E-state index is 0. The van der Waals surface area contributed by atoms with Gasteiger partial charge in [0.2, 0.25) is 0 Å². The monoisotopic (exact) mass is 322 g/mol. The number of allylic oxidation sites excluding steroid dienone is 2. The Bertz CT molecular complexity index is 73.9. The molecule has 0 fully saturated rings. The summed E-state index contributed by atoms with van der Waals surface area (Å²) in [5.41, 5.74) is 0. The molecule has 5 heteroatoms. The zero-order valence-corrected chi connectivity index (χ0v) is 11.2. The van der Waals surface area contributed by atoms with E-state index in [1.54, 1.807) is 0 Å². The summed E-state index contributed by atoms with van der Waals surface area (Å²) in [5, 5.41) is 0. The Hall–Kier alpha value is 1.79. The van der Waals surface area contributed by atoms with Crippen molar-refractivity contribution in [1.29, 1.82) is 0 Å². The third kappa shape index (κ3) is 12.9. The van der Waals surface area contributed by atoms with E-state index in [1.807, 2.05) is 6.08 Å². The van der Waals surface area contributed by atoms with Gasteiger partial charge in [0.05, 0.1) is 0 Å². The summed E-state index contributed by atoms with van der Waals surface area (Å²) >= 11 is 0.153. The first kappa shape index (κ1) is 22.4. The maximum absolute atomic E-state index is 3.11. The number of hydrogen-bond donors (Lipinski definition) is 0. The SMILES string of the molecule is [C-]1=CC=C[AsH]1.[Cl-].[Cl-].[Cl-].[Zr+4]. The Morgan fingerprint density at radius 2 is 1.67 bits per heavy atom. The second-order valence-electron chi connectivity index (χ2n) is 0.814. The van der Waals surface area contributed by atoms with Crippen molar-refractivity contribution in [2.24, 2.45) is 0 Å². The van der Waals surface area contributed by atoms with Crippen LogP contribution in [-0.4, -0.2) is 15.8 Å². The molecular weight excluding hydrogens is 321 g/mol. The van der Waals surface area contributed by atoms with Gasteiger partial charge in [0.1, 0.15) is 0 Å². The van der Waals surface area contributed by atoms with Crippen LogP contribution in [0.4, 0.5) is 0 Å². The van der Waals surface area contributed by atoms with Crippen LogP contribution in [0.15, 0.2) is 17.0 Å². The minimum Gasteiger partial charge on any atom is -1.00 e. The van der Waals surface area contributed by atoms with Crippen LogP contribution in [0.2, 0.25) is 0 Å². The number of halogens is 3. The third-order valence-corrected chi connectivity index (χ3v) is 1.90. The van der Waals surface area contributed by atoms with Crippen LogP contribution in [0.3, 0.4) is 0 Å². The molecule has 1 aliphatic rings. The summed E-state index contributed by atoms with van der Waals surface area (Å²) in [6.07, 6.45) is 4.04. The third-order valence-electron chi connectivity index (χ3n) is 0.442. The maximum atomic E-state index is 3.11. The van der Waals surface area contributed by atoms with E-state index in [-0.39, 0.29) is 79.2 Å². The molecular formula is C4H4AsCl3Zr. The van der Waals surface area contributed by atoms with Crippen LogP contribution in [0, 0.1) is 4.86 Å². The molecule has 0 bridgehead atoms. The first-order valence-corrected chi connectivity index (χ1v) is 3.75. The van der Waals surface area contributed by atoms with Crippen LogP contribution in [0.25, 0.3) is 0 Å². The van der Waals surface area contributed by atoms with E-state index in [9.17, 15) is 0 Å². The molecule has 0 saturated heterocycles. The average molecular weight is 325 g/mol. The van der Waals surface area contributed by atoms with Crippen molar-refractivity contribution in [2.45, 2.75) is 0 Å². The molecule has 9 heavy (non-hydrogen) atoms. The fourth-order valence-electron chi connectivity index (χ4n) is 0.241. The van der Waals surface area contributed by atoms with Crippen LogP contribution in [-0.2, 0) is 26.2 Å². The fraction of sp³-hybridized carbons (Fsp3) is 0. The average Bonchev–Trinajstić information content (AvgIpc) is 1.76. The van der Waals surface area contributed by atoms with Gasteiger partial charge in [-0.2, -0.15) is 0 Å². The van der Waals surface area contributed by atoms with Gasteiger partial charge in [-0.25, -0.2) is 0 Å². The van der Waals surface area contributed by atoms with Gasteiger partial charge >= 0.3 is 63.8 Å². The van der Waals surface area contributed by atoms with Crippen LogP contribution >= 0.6 is 0 Å². The van der Waals surface area contributed by atoms with Crippen molar-refractivity contribution in [2.75, 3.05) is 0 Å². The molecule has 1 atom stereocenters. The Morgan fingerprint density at radius 1 is 1.11 bits per heavy atom. The molecule has 1 rings (SSSR count). The summed E-state index contributed by atoms with van der Waals surface area (Å²) in [6, 6.07) is 0. The van der Waals surface area contributed by atoms with E-state index >= 15 is 0 Å². The molecule has 1 unspecified atom stereocenters. The molecule has 1 aliphatic heterocycles. The van der Waals surface area contributed by atoms with Crippen molar-refractivity contribution < 1.29 is 63.4 Å². The Balaban J connectivity index is -0.0000000312. The molecule has 1 heterocycles. The van der Waals surface area contributed by atoms with Crippen molar-refractivity contribution in [3.05, 3.63) is 21.9 Å². The van der Waals surface area contributed by atoms with E-state index in [2.05, 4.69) is 15.8 Å². The smallest absolute Gasteiger partial charge is 1.00 e. The Kier molecular flexibility index (Phi) is 40.9. The van der Waals surface area contributed by atoms with E-state index in [0.717, 1.165) is 0 Å². The second-order valence-corrected chi connectivity index (χ2v) is 2.73. The van der Waals surface area contributed by atoms with Crippen LogP contribution < -0.4 is 37.2 Å². The summed E-state index contributed by atoms with van der Waals surface area (Å²) in [6.45, 7) is 0. The molecule has 0 saturated carbocycles. The molecule has 0 spiro atoms. The molecule has 0 aromatic rings. The van der Waals surface area contributed by atoms with Crippen LogP contribution in [0.1, 0.15) is 0 Å². The Labute approximate surface area is 100.0 Å². The largest absolute Gasteiger partial charge is 4.00 e. The van der Waals surface area contributed by atoms with Gasteiger partial charge in [-0.3, -0.25) is 0 Å². The van der Waals surface area contributed by atoms with E-state index in [4.69, 9.17) is 0 Å². The predicted octanol–water partition coefficient (Wildman–Crippen LogP) is -8.72. The van der Waals surface area contributed by atoms with Crippen LogP contribution in [0.5, 0.6) is 0 Å². The molecule has 0 N–H and O–H groups in total. The van der Waals surface area contributed by atoms with E-state index < -0.39 is 0 Å². The normalized spacial score (nSPS) is 12.4. The summed E-state index contributed by atoms with van der Waals surface area (Å²) in [4.78, 5) is 5.31. The fourth-order valence-corrected chi connectivity index (χ4v) is 1.25. The van der Waals surface area contributed by atoms with Crippen molar-refractivity contribution in [3.8, 4) is 0 Å². The minimum absolute atomic E-state index is 0. The maximum Gasteiger partial charge on any atom is 4.00 e. The second kappa shape index (κ2) is 16.4. The van der Waals surface area contributed by atoms with Crippen molar-refractivity contribution in [3.63, 3.8) is 0 Å². The first-order valence-electron chi connectivity index (χ1n) is 1.49. The quantitative estimate of drug-likeness (QED) is 0.307. The molecule has 0 radical (unpaired) electrons. The molecule has 0 amide bonds. The molecule has 0 aliphatic carbocycles. The molecule has 0 aromatic carbocycles. The topological polar surface area (TPSA) is 0 Å². The van der Waals surface area contributed by atoms with Crippen molar-refractivity contribution in [1.82, 2.24) is 0 Å². The molecule has 0 aromatic heterocycles. The van der Waals surface area contributed by atoms with Crippen molar-refractivity contribution >= 4 is 15.8 Å². The summed E-state index contributed by atoms with van der Waals surface area (Å²) < 4.78 is 0. The summed E-state index contributed by atoms with van der Waals surface area (Å²) in [5.74, 6) is 0. The van der Waals surface area contributed by atoms with Gasteiger partial charge in [-0.15, -0.1) is 0 Å². The van der Waals surface area contributed by atoms with Gasteiger partial charge in [0.25, 0.3) is 0 Å². The molecule has 0 nitrogen and oxygen atoms in total. The molecule has 50 valence electrons. The van der Waals surface area contributed by atoms with Gasteiger partial charge in [0.15, 0.2) is 0 Å². The standard InChI is InChI=1S/C4H4As.3ClH.Zr/c1-2-4-5-3-1;;;;/h1-3,5H;3*1H;/q-1;;;;+4/p-3. The van der Waals surface area contributed by atoms with E-state index in [0.29, 0.717) is 0 Å². The van der Waals surface area contributed by atoms with E-state index in [1.165, 1.54) is 0 Å². The summed E-state index contributed by atoms with van der Waals surface area (Å²) in [7, 11) is 0. The van der Waals surface area contributed by atoms with Gasteiger partial charge < -0.3 is 37.2 Å². The van der Waals surface area contributed by atoms with Gasteiger partial charge in [-0.1, -0.05) is 0 Å². The number of rotatable bonds is 0. The van der Waals surface area contributed by atoms with Gasteiger partial charge in [-0.05, 0) is 0 Å².